The Bertz CT molecular complexity index is 346. The number of aromatic nitrogens is 1. The summed E-state index contributed by atoms with van der Waals surface area (Å²) in [6.45, 7) is 13.6. The lowest BCUT2D eigenvalue weighted by molar-refractivity contribution is 0.151. The molecule has 1 aliphatic rings. The van der Waals surface area contributed by atoms with Crippen LogP contribution in [0.15, 0.2) is 11.6 Å². The van der Waals surface area contributed by atoms with Gasteiger partial charge in [0.15, 0.2) is 5.13 Å². The van der Waals surface area contributed by atoms with E-state index in [1.165, 1.54) is 5.13 Å². The van der Waals surface area contributed by atoms with Crippen molar-refractivity contribution >= 4 is 16.5 Å². The van der Waals surface area contributed by atoms with E-state index >= 15 is 0 Å². The highest BCUT2D eigenvalue weighted by atomic mass is 32.1. The normalized spacial score (nSPS) is 20.5. The molecule has 2 heterocycles. The molecule has 1 saturated heterocycles. The maximum atomic E-state index is 4.40. The summed E-state index contributed by atoms with van der Waals surface area (Å²) in [6, 6.07) is 0.650. The molecule has 5 heteroatoms. The Balaban J connectivity index is 1.79. The van der Waals surface area contributed by atoms with Crippen molar-refractivity contribution in [1.82, 2.24) is 15.2 Å². The number of thiazole rings is 1. The van der Waals surface area contributed by atoms with E-state index in [1.807, 2.05) is 6.20 Å². The summed E-state index contributed by atoms with van der Waals surface area (Å²) in [5.74, 6) is 0.700. The summed E-state index contributed by atoms with van der Waals surface area (Å²) >= 11 is 1.74. The highest BCUT2D eigenvalue weighted by molar-refractivity contribution is 7.13. The van der Waals surface area contributed by atoms with E-state index in [1.54, 1.807) is 11.3 Å². The molecule has 1 fully saturated rings. The Morgan fingerprint density at radius 2 is 2.05 bits per heavy atom. The summed E-state index contributed by atoms with van der Waals surface area (Å²) < 4.78 is 0. The van der Waals surface area contributed by atoms with Crippen molar-refractivity contribution in [2.75, 3.05) is 44.2 Å². The van der Waals surface area contributed by atoms with Gasteiger partial charge in [0.25, 0.3) is 0 Å². The van der Waals surface area contributed by atoms with Gasteiger partial charge in [-0.1, -0.05) is 13.8 Å². The van der Waals surface area contributed by atoms with Gasteiger partial charge >= 0.3 is 0 Å². The molecule has 19 heavy (non-hydrogen) atoms. The van der Waals surface area contributed by atoms with Gasteiger partial charge in [-0.2, -0.15) is 0 Å². The first-order valence-electron chi connectivity index (χ1n) is 7.31. The predicted molar refractivity (Wildman–Crippen MR) is 83.1 cm³/mol. The van der Waals surface area contributed by atoms with Crippen LogP contribution in [0, 0.1) is 5.92 Å². The van der Waals surface area contributed by atoms with Gasteiger partial charge < -0.3 is 10.2 Å². The maximum Gasteiger partial charge on any atom is 0.185 e. The monoisotopic (exact) mass is 282 g/mol. The van der Waals surface area contributed by atoms with E-state index in [4.69, 9.17) is 0 Å². The molecule has 0 spiro atoms. The summed E-state index contributed by atoms with van der Waals surface area (Å²) in [5, 5.41) is 6.69. The van der Waals surface area contributed by atoms with Gasteiger partial charge in [0.05, 0.1) is 0 Å². The number of piperazine rings is 1. The van der Waals surface area contributed by atoms with Crippen LogP contribution in [-0.4, -0.2) is 55.2 Å². The molecule has 2 atom stereocenters. The van der Waals surface area contributed by atoms with Crippen LogP contribution in [-0.2, 0) is 0 Å². The second-order valence-electron chi connectivity index (χ2n) is 5.36. The van der Waals surface area contributed by atoms with Crippen molar-refractivity contribution in [3.63, 3.8) is 0 Å². The smallest absolute Gasteiger partial charge is 0.185 e. The molecule has 0 amide bonds. The van der Waals surface area contributed by atoms with E-state index in [0.717, 1.165) is 39.3 Å². The van der Waals surface area contributed by atoms with Crippen molar-refractivity contribution < 1.29 is 0 Å². The van der Waals surface area contributed by atoms with Crippen LogP contribution in [0.3, 0.4) is 0 Å². The molecular formula is C14H26N4S. The molecular weight excluding hydrogens is 256 g/mol. The van der Waals surface area contributed by atoms with Gasteiger partial charge in [-0.3, -0.25) is 4.90 Å². The van der Waals surface area contributed by atoms with Gasteiger partial charge in [0.2, 0.25) is 0 Å². The lowest BCUT2D eigenvalue weighted by Crippen LogP contribution is -2.52. The number of anilines is 1. The van der Waals surface area contributed by atoms with Crippen LogP contribution in [0.2, 0.25) is 0 Å². The molecule has 1 aromatic rings. The van der Waals surface area contributed by atoms with Gasteiger partial charge in [-0.15, -0.1) is 11.3 Å². The fourth-order valence-corrected chi connectivity index (χ4v) is 3.29. The fourth-order valence-electron chi connectivity index (χ4n) is 2.60. The van der Waals surface area contributed by atoms with Crippen LogP contribution in [0.4, 0.5) is 5.13 Å². The summed E-state index contributed by atoms with van der Waals surface area (Å²) in [4.78, 5) is 9.42. The molecule has 0 aromatic carbocycles. The second kappa shape index (κ2) is 7.22. The van der Waals surface area contributed by atoms with Gasteiger partial charge in [-0.25, -0.2) is 4.98 Å². The molecule has 0 saturated carbocycles. The average Bonchev–Trinajstić information content (AvgIpc) is 2.98. The van der Waals surface area contributed by atoms with Crippen LogP contribution < -0.4 is 10.2 Å². The highest BCUT2D eigenvalue weighted by Crippen LogP contribution is 2.20. The van der Waals surface area contributed by atoms with Crippen LogP contribution >= 0.6 is 11.3 Å². The second-order valence-corrected chi connectivity index (χ2v) is 6.24. The van der Waals surface area contributed by atoms with E-state index in [-0.39, 0.29) is 0 Å². The van der Waals surface area contributed by atoms with Crippen molar-refractivity contribution in [1.29, 1.82) is 0 Å². The lowest BCUT2D eigenvalue weighted by atomic mass is 10.0. The van der Waals surface area contributed by atoms with Gasteiger partial charge in [-0.05, 0) is 25.9 Å². The van der Waals surface area contributed by atoms with Crippen molar-refractivity contribution in [3.05, 3.63) is 11.6 Å². The molecule has 0 bridgehead atoms. The standard InChI is InChI=1S/C14H26N4S/c1-4-15-11-12(2)13(3)17-6-8-18(9-7-17)14-16-5-10-19-14/h5,10,12-13,15H,4,6-9,11H2,1-3H3. The van der Waals surface area contributed by atoms with E-state index in [2.05, 4.69) is 46.3 Å². The Hall–Kier alpha value is -0.650. The minimum absolute atomic E-state index is 0.650. The third kappa shape index (κ3) is 3.91. The molecule has 2 unspecified atom stereocenters. The van der Waals surface area contributed by atoms with E-state index < -0.39 is 0 Å². The molecule has 0 radical (unpaired) electrons. The molecule has 0 aliphatic carbocycles. The number of rotatable bonds is 6. The molecule has 4 nitrogen and oxygen atoms in total. The van der Waals surface area contributed by atoms with Gasteiger partial charge in [0.1, 0.15) is 0 Å². The fraction of sp³-hybridized carbons (Fsp3) is 0.786. The van der Waals surface area contributed by atoms with E-state index in [0.29, 0.717) is 12.0 Å². The average molecular weight is 282 g/mol. The Labute approximate surface area is 120 Å². The third-order valence-corrected chi connectivity index (χ3v) is 4.95. The first-order chi connectivity index (χ1) is 9.22. The van der Waals surface area contributed by atoms with Crippen LogP contribution in [0.1, 0.15) is 20.8 Å². The Morgan fingerprint density at radius 3 is 2.63 bits per heavy atom. The Kier molecular flexibility index (Phi) is 5.60. The van der Waals surface area contributed by atoms with Crippen LogP contribution in [0.5, 0.6) is 0 Å². The SMILES string of the molecule is CCNCC(C)C(C)N1CCN(c2nccs2)CC1. The minimum atomic E-state index is 0.650. The zero-order valence-electron chi connectivity index (χ0n) is 12.3. The van der Waals surface area contributed by atoms with Crippen LogP contribution in [0.25, 0.3) is 0 Å². The summed E-state index contributed by atoms with van der Waals surface area (Å²) in [5.41, 5.74) is 0. The molecule has 1 aliphatic heterocycles. The number of nitrogens with zero attached hydrogens (tertiary/aromatic N) is 3. The third-order valence-electron chi connectivity index (χ3n) is 4.12. The summed E-state index contributed by atoms with van der Waals surface area (Å²) in [6.07, 6.45) is 1.90. The number of nitrogens with one attached hydrogen (secondary N) is 1. The van der Waals surface area contributed by atoms with Gasteiger partial charge in [0, 0.05) is 43.8 Å². The minimum Gasteiger partial charge on any atom is -0.346 e. The zero-order chi connectivity index (χ0) is 13.7. The molecule has 1 aromatic heterocycles. The number of hydrogen-bond donors (Lipinski definition) is 1. The predicted octanol–water partition coefficient (Wildman–Crippen LogP) is 1.90. The van der Waals surface area contributed by atoms with Crippen molar-refractivity contribution in [3.8, 4) is 0 Å². The zero-order valence-corrected chi connectivity index (χ0v) is 13.1. The van der Waals surface area contributed by atoms with Crippen molar-refractivity contribution in [2.45, 2.75) is 26.8 Å². The summed E-state index contributed by atoms with van der Waals surface area (Å²) in [7, 11) is 0. The molecule has 2 rings (SSSR count). The first-order valence-corrected chi connectivity index (χ1v) is 8.19. The van der Waals surface area contributed by atoms with Crippen molar-refractivity contribution in [2.24, 2.45) is 5.92 Å². The maximum absolute atomic E-state index is 4.40. The molecule has 108 valence electrons. The Morgan fingerprint density at radius 1 is 1.32 bits per heavy atom. The number of hydrogen-bond acceptors (Lipinski definition) is 5. The lowest BCUT2D eigenvalue weighted by Gasteiger charge is -2.40. The largest absolute Gasteiger partial charge is 0.346 e. The quantitative estimate of drug-likeness (QED) is 0.863. The highest BCUT2D eigenvalue weighted by Gasteiger charge is 2.25. The first kappa shape index (κ1) is 14.8. The topological polar surface area (TPSA) is 31.4 Å². The van der Waals surface area contributed by atoms with E-state index in [9.17, 15) is 0 Å². The molecule has 1 N–H and O–H groups in total.